The molecule has 1 N–H and O–H groups in total. The molecule has 30 heavy (non-hydrogen) atoms. The van der Waals surface area contributed by atoms with Crippen LogP contribution in [0.5, 0.6) is 0 Å². The summed E-state index contributed by atoms with van der Waals surface area (Å²) in [4.78, 5) is 20.5. The van der Waals surface area contributed by atoms with E-state index in [9.17, 15) is 4.79 Å². The summed E-state index contributed by atoms with van der Waals surface area (Å²) in [7, 11) is 0. The molecule has 1 atom stereocenters. The van der Waals surface area contributed by atoms with E-state index in [4.69, 9.17) is 0 Å². The van der Waals surface area contributed by atoms with E-state index in [1.165, 1.54) is 11.1 Å². The van der Waals surface area contributed by atoms with Crippen LogP contribution in [-0.2, 0) is 24.2 Å². The number of carbonyl (C=O) groups is 1. The van der Waals surface area contributed by atoms with Crippen LogP contribution in [0.4, 0.5) is 5.69 Å². The van der Waals surface area contributed by atoms with Crippen molar-refractivity contribution in [2.45, 2.75) is 52.2 Å². The Morgan fingerprint density at radius 1 is 1.10 bits per heavy atom. The molecule has 0 saturated carbocycles. The summed E-state index contributed by atoms with van der Waals surface area (Å²) in [6, 6.07) is 18.4. The molecule has 4 rings (SSSR count). The lowest BCUT2D eigenvalue weighted by atomic mass is 9.99. The molecule has 1 aliphatic heterocycles. The minimum atomic E-state index is -0.371. The van der Waals surface area contributed by atoms with Gasteiger partial charge in [0.05, 0.1) is 17.7 Å². The van der Waals surface area contributed by atoms with Crippen molar-refractivity contribution in [2.24, 2.45) is 0 Å². The predicted molar refractivity (Wildman–Crippen MR) is 120 cm³/mol. The Labute approximate surface area is 178 Å². The van der Waals surface area contributed by atoms with E-state index in [1.54, 1.807) is 0 Å². The quantitative estimate of drug-likeness (QED) is 0.646. The molecular formula is C25H30N4O. The number of fused-ring (bicyclic) bond motifs is 1. The first-order valence-corrected chi connectivity index (χ1v) is 10.8. The maximum atomic E-state index is 13.6. The summed E-state index contributed by atoms with van der Waals surface area (Å²) in [6.07, 6.45) is 3.73. The van der Waals surface area contributed by atoms with Gasteiger partial charge in [0.25, 0.3) is 0 Å². The monoisotopic (exact) mass is 402 g/mol. The molecular weight excluding hydrogens is 372 g/mol. The van der Waals surface area contributed by atoms with Crippen LogP contribution in [0.15, 0.2) is 60.9 Å². The fourth-order valence-corrected chi connectivity index (χ4v) is 4.18. The molecule has 2 aromatic carbocycles. The lowest BCUT2D eigenvalue weighted by Gasteiger charge is -2.36. The van der Waals surface area contributed by atoms with E-state index in [2.05, 4.69) is 64.8 Å². The first-order chi connectivity index (χ1) is 14.6. The standard InChI is InChI=1S/C25H30N4O/c1-4-19-10-12-21(13-11-19)27-25(30)24-23-22(26-17-29(23)18(2)3)14-15-28(24)16-20-8-6-5-7-9-20/h5-13,17-18,24H,4,14-16H2,1-3H3,(H,27,30). The summed E-state index contributed by atoms with van der Waals surface area (Å²) in [5, 5.41) is 3.15. The number of nitrogens with zero attached hydrogens (tertiary/aromatic N) is 3. The molecule has 5 heteroatoms. The smallest absolute Gasteiger partial charge is 0.247 e. The Morgan fingerprint density at radius 2 is 1.83 bits per heavy atom. The van der Waals surface area contributed by atoms with E-state index >= 15 is 0 Å². The van der Waals surface area contributed by atoms with Gasteiger partial charge in [0.15, 0.2) is 0 Å². The highest BCUT2D eigenvalue weighted by molar-refractivity contribution is 5.95. The normalized spacial score (nSPS) is 16.5. The zero-order chi connectivity index (χ0) is 21.1. The number of carbonyl (C=O) groups excluding carboxylic acids is 1. The highest BCUT2D eigenvalue weighted by Gasteiger charge is 2.37. The van der Waals surface area contributed by atoms with E-state index in [-0.39, 0.29) is 18.0 Å². The Balaban J connectivity index is 1.66. The number of benzene rings is 2. The second kappa shape index (κ2) is 8.84. The molecule has 1 aliphatic rings. The molecule has 0 fully saturated rings. The summed E-state index contributed by atoms with van der Waals surface area (Å²) >= 11 is 0. The molecule has 0 saturated heterocycles. The van der Waals surface area contributed by atoms with Gasteiger partial charge >= 0.3 is 0 Å². The SMILES string of the molecule is CCc1ccc(NC(=O)C2c3c(ncn3C(C)C)CCN2Cc2ccccc2)cc1. The Hall–Kier alpha value is -2.92. The number of aryl methyl sites for hydroxylation is 1. The van der Waals surface area contributed by atoms with Gasteiger partial charge in [0, 0.05) is 31.2 Å². The van der Waals surface area contributed by atoms with Crippen molar-refractivity contribution < 1.29 is 4.79 Å². The zero-order valence-electron chi connectivity index (χ0n) is 18.0. The second-order valence-electron chi connectivity index (χ2n) is 8.23. The number of aromatic nitrogens is 2. The molecule has 0 spiro atoms. The minimum Gasteiger partial charge on any atom is -0.330 e. The van der Waals surface area contributed by atoms with Gasteiger partial charge in [-0.05, 0) is 43.5 Å². The van der Waals surface area contributed by atoms with Gasteiger partial charge in [-0.1, -0.05) is 49.4 Å². The third-order valence-corrected chi connectivity index (χ3v) is 5.83. The fraction of sp³-hybridized carbons (Fsp3) is 0.360. The van der Waals surface area contributed by atoms with Crippen LogP contribution in [0.1, 0.15) is 55.4 Å². The number of hydrogen-bond acceptors (Lipinski definition) is 3. The molecule has 1 aromatic heterocycles. The molecule has 0 aliphatic carbocycles. The van der Waals surface area contributed by atoms with Crippen LogP contribution < -0.4 is 5.32 Å². The third-order valence-electron chi connectivity index (χ3n) is 5.83. The van der Waals surface area contributed by atoms with Gasteiger partial charge in [0.1, 0.15) is 6.04 Å². The lowest BCUT2D eigenvalue weighted by Crippen LogP contribution is -2.42. The number of rotatable bonds is 6. The van der Waals surface area contributed by atoms with Crippen molar-refractivity contribution in [3.63, 3.8) is 0 Å². The number of anilines is 1. The third kappa shape index (κ3) is 4.17. The molecule has 1 unspecified atom stereocenters. The number of hydrogen-bond donors (Lipinski definition) is 1. The van der Waals surface area contributed by atoms with Crippen LogP contribution >= 0.6 is 0 Å². The molecule has 0 bridgehead atoms. The Bertz CT molecular complexity index is 992. The first-order valence-electron chi connectivity index (χ1n) is 10.8. The van der Waals surface area contributed by atoms with E-state index in [0.29, 0.717) is 0 Å². The van der Waals surface area contributed by atoms with E-state index in [1.807, 2.05) is 36.7 Å². The average Bonchev–Trinajstić information content (AvgIpc) is 3.19. The van der Waals surface area contributed by atoms with Gasteiger partial charge in [0.2, 0.25) is 5.91 Å². The van der Waals surface area contributed by atoms with Crippen molar-refractivity contribution in [3.05, 3.63) is 83.4 Å². The van der Waals surface area contributed by atoms with Crippen molar-refractivity contribution in [2.75, 3.05) is 11.9 Å². The van der Waals surface area contributed by atoms with Gasteiger partial charge in [-0.25, -0.2) is 4.98 Å². The van der Waals surface area contributed by atoms with Gasteiger partial charge in [-0.15, -0.1) is 0 Å². The molecule has 0 radical (unpaired) electrons. The van der Waals surface area contributed by atoms with E-state index in [0.717, 1.165) is 43.0 Å². The largest absolute Gasteiger partial charge is 0.330 e. The number of nitrogens with one attached hydrogen (secondary N) is 1. The summed E-state index contributed by atoms with van der Waals surface area (Å²) in [5.41, 5.74) is 5.36. The summed E-state index contributed by atoms with van der Waals surface area (Å²) < 4.78 is 2.15. The van der Waals surface area contributed by atoms with Crippen molar-refractivity contribution in [1.82, 2.24) is 14.5 Å². The fourth-order valence-electron chi connectivity index (χ4n) is 4.18. The molecule has 156 valence electrons. The summed E-state index contributed by atoms with van der Waals surface area (Å²) in [5.74, 6) is -0.00136. The lowest BCUT2D eigenvalue weighted by molar-refractivity contribution is -0.122. The topological polar surface area (TPSA) is 50.2 Å². The van der Waals surface area contributed by atoms with Gasteiger partial charge < -0.3 is 9.88 Å². The minimum absolute atomic E-state index is 0.00136. The van der Waals surface area contributed by atoms with Crippen LogP contribution in [-0.4, -0.2) is 26.9 Å². The number of imidazole rings is 1. The highest BCUT2D eigenvalue weighted by atomic mass is 16.2. The van der Waals surface area contributed by atoms with Crippen LogP contribution in [0.3, 0.4) is 0 Å². The van der Waals surface area contributed by atoms with Crippen molar-refractivity contribution >= 4 is 11.6 Å². The van der Waals surface area contributed by atoms with Crippen LogP contribution in [0.2, 0.25) is 0 Å². The van der Waals surface area contributed by atoms with Crippen molar-refractivity contribution in [1.29, 1.82) is 0 Å². The number of amides is 1. The maximum Gasteiger partial charge on any atom is 0.247 e. The molecule has 3 aromatic rings. The highest BCUT2D eigenvalue weighted by Crippen LogP contribution is 2.33. The molecule has 1 amide bonds. The van der Waals surface area contributed by atoms with Crippen LogP contribution in [0, 0.1) is 0 Å². The first kappa shape index (κ1) is 20.4. The maximum absolute atomic E-state index is 13.6. The average molecular weight is 403 g/mol. The van der Waals surface area contributed by atoms with E-state index < -0.39 is 0 Å². The Kier molecular flexibility index (Phi) is 6.00. The zero-order valence-corrected chi connectivity index (χ0v) is 18.0. The molecule has 5 nitrogen and oxygen atoms in total. The predicted octanol–water partition coefficient (Wildman–Crippen LogP) is 4.76. The Morgan fingerprint density at radius 3 is 2.50 bits per heavy atom. The van der Waals surface area contributed by atoms with Crippen LogP contribution in [0.25, 0.3) is 0 Å². The van der Waals surface area contributed by atoms with Gasteiger partial charge in [-0.3, -0.25) is 9.69 Å². The summed E-state index contributed by atoms with van der Waals surface area (Å²) in [6.45, 7) is 7.94. The van der Waals surface area contributed by atoms with Crippen molar-refractivity contribution in [3.8, 4) is 0 Å². The van der Waals surface area contributed by atoms with Gasteiger partial charge in [-0.2, -0.15) is 0 Å². The second-order valence-corrected chi connectivity index (χ2v) is 8.23. The molecule has 2 heterocycles.